The zero-order chi connectivity index (χ0) is 13.1. The van der Waals surface area contributed by atoms with Gasteiger partial charge in [-0.3, -0.25) is 4.79 Å². The minimum Gasteiger partial charge on any atom is -0.326 e. The summed E-state index contributed by atoms with van der Waals surface area (Å²) in [5.74, 6) is -4.62. The van der Waals surface area contributed by atoms with Crippen molar-refractivity contribution in [2.45, 2.75) is 12.8 Å². The van der Waals surface area contributed by atoms with E-state index in [1.807, 2.05) is 0 Å². The van der Waals surface area contributed by atoms with E-state index < -0.39 is 17.5 Å². The first-order chi connectivity index (χ1) is 8.58. The summed E-state index contributed by atoms with van der Waals surface area (Å²) in [5.41, 5.74) is -0.0602. The van der Waals surface area contributed by atoms with Gasteiger partial charge in [-0.25, -0.2) is 13.2 Å². The van der Waals surface area contributed by atoms with Crippen molar-refractivity contribution in [3.63, 3.8) is 0 Å². The summed E-state index contributed by atoms with van der Waals surface area (Å²) in [5, 5.41) is 5.52. The van der Waals surface area contributed by atoms with Crippen molar-refractivity contribution in [1.82, 2.24) is 5.32 Å². The highest BCUT2D eigenvalue weighted by atomic mass is 35.5. The summed E-state index contributed by atoms with van der Waals surface area (Å²) in [6.45, 7) is 1.48. The van der Waals surface area contributed by atoms with Crippen LogP contribution >= 0.6 is 12.4 Å². The van der Waals surface area contributed by atoms with Gasteiger partial charge in [0.05, 0.1) is 0 Å². The van der Waals surface area contributed by atoms with Crippen LogP contribution in [-0.2, 0) is 4.79 Å². The van der Waals surface area contributed by atoms with Gasteiger partial charge in [0.1, 0.15) is 0 Å². The third-order valence-corrected chi connectivity index (χ3v) is 2.96. The molecule has 7 heteroatoms. The largest absolute Gasteiger partial charge is 0.326 e. The molecule has 0 spiro atoms. The average molecular weight is 295 g/mol. The van der Waals surface area contributed by atoms with Crippen molar-refractivity contribution in [2.24, 2.45) is 5.92 Å². The molecule has 3 nitrogen and oxygen atoms in total. The number of carbonyl (C=O) groups excluding carboxylic acids is 1. The Morgan fingerprint density at radius 1 is 1.16 bits per heavy atom. The number of anilines is 1. The molecule has 0 radical (unpaired) electrons. The van der Waals surface area contributed by atoms with Crippen LogP contribution in [0.25, 0.3) is 0 Å². The quantitative estimate of drug-likeness (QED) is 0.823. The maximum atomic E-state index is 13.0. The highest BCUT2D eigenvalue weighted by molar-refractivity contribution is 5.92. The lowest BCUT2D eigenvalue weighted by Gasteiger charge is -2.21. The van der Waals surface area contributed by atoms with E-state index in [1.165, 1.54) is 0 Å². The molecule has 2 N–H and O–H groups in total. The Morgan fingerprint density at radius 2 is 1.68 bits per heavy atom. The molecule has 1 saturated heterocycles. The molecule has 0 unspecified atom stereocenters. The van der Waals surface area contributed by atoms with E-state index >= 15 is 0 Å². The van der Waals surface area contributed by atoms with Crippen molar-refractivity contribution in [1.29, 1.82) is 0 Å². The third kappa shape index (κ3) is 3.84. The van der Waals surface area contributed by atoms with E-state index in [-0.39, 0.29) is 29.9 Å². The van der Waals surface area contributed by atoms with Crippen LogP contribution in [0.2, 0.25) is 0 Å². The number of rotatable bonds is 2. The summed E-state index contributed by atoms with van der Waals surface area (Å²) in [6, 6.07) is 1.55. The van der Waals surface area contributed by atoms with E-state index in [2.05, 4.69) is 10.6 Å². The molecule has 1 heterocycles. The SMILES string of the molecule is Cl.O=C(Nc1cc(F)c(F)c(F)c1)C1CCNCC1. The minimum atomic E-state index is -1.53. The minimum absolute atomic E-state index is 0. The Morgan fingerprint density at radius 3 is 2.21 bits per heavy atom. The zero-order valence-electron chi connectivity index (χ0n) is 10.0. The number of carbonyl (C=O) groups is 1. The van der Waals surface area contributed by atoms with Gasteiger partial charge in [0.15, 0.2) is 17.5 Å². The van der Waals surface area contributed by atoms with Crippen LogP contribution in [0, 0.1) is 23.4 Å². The fourth-order valence-corrected chi connectivity index (χ4v) is 1.96. The van der Waals surface area contributed by atoms with Gasteiger partial charge in [0, 0.05) is 23.7 Å². The first-order valence-electron chi connectivity index (χ1n) is 5.74. The third-order valence-electron chi connectivity index (χ3n) is 2.96. The first-order valence-corrected chi connectivity index (χ1v) is 5.74. The molecule has 1 aliphatic heterocycles. The van der Waals surface area contributed by atoms with E-state index in [0.29, 0.717) is 12.8 Å². The Kier molecular flexibility index (Phi) is 5.62. The smallest absolute Gasteiger partial charge is 0.227 e. The van der Waals surface area contributed by atoms with E-state index in [4.69, 9.17) is 0 Å². The molecule has 0 bridgehead atoms. The van der Waals surface area contributed by atoms with Gasteiger partial charge in [-0.2, -0.15) is 0 Å². The molecule has 1 fully saturated rings. The molecule has 1 aromatic carbocycles. The summed E-state index contributed by atoms with van der Waals surface area (Å²) in [4.78, 5) is 11.8. The van der Waals surface area contributed by atoms with Gasteiger partial charge in [-0.15, -0.1) is 12.4 Å². The fourth-order valence-electron chi connectivity index (χ4n) is 1.96. The molecule has 106 valence electrons. The number of benzene rings is 1. The Bertz CT molecular complexity index is 441. The predicted octanol–water partition coefficient (Wildman–Crippen LogP) is 2.46. The second kappa shape index (κ2) is 6.77. The lowest BCUT2D eigenvalue weighted by atomic mass is 9.97. The van der Waals surface area contributed by atoms with Crippen molar-refractivity contribution in [3.8, 4) is 0 Å². The van der Waals surface area contributed by atoms with E-state index in [9.17, 15) is 18.0 Å². The lowest BCUT2D eigenvalue weighted by molar-refractivity contribution is -0.120. The number of amides is 1. The molecular formula is C12H14ClF3N2O. The van der Waals surface area contributed by atoms with Crippen LogP contribution < -0.4 is 10.6 Å². The van der Waals surface area contributed by atoms with Gasteiger partial charge in [0.25, 0.3) is 0 Å². The van der Waals surface area contributed by atoms with Crippen LogP contribution in [0.4, 0.5) is 18.9 Å². The van der Waals surface area contributed by atoms with Crippen molar-refractivity contribution >= 4 is 24.0 Å². The number of hydrogen-bond donors (Lipinski definition) is 2. The van der Waals surface area contributed by atoms with Crippen LogP contribution in [0.3, 0.4) is 0 Å². The standard InChI is InChI=1S/C12H13F3N2O.ClH/c13-9-5-8(6-10(14)11(9)15)17-12(18)7-1-3-16-4-2-7;/h5-7,16H,1-4H2,(H,17,18);1H. The Labute approximate surface area is 115 Å². The Hall–Kier alpha value is -1.27. The molecule has 0 atom stereocenters. The Balaban J connectivity index is 0.00000180. The number of halogens is 4. The molecule has 1 amide bonds. The van der Waals surface area contributed by atoms with Gasteiger partial charge in [-0.1, -0.05) is 0 Å². The van der Waals surface area contributed by atoms with Gasteiger partial charge in [-0.05, 0) is 25.9 Å². The summed E-state index contributed by atoms with van der Waals surface area (Å²) >= 11 is 0. The summed E-state index contributed by atoms with van der Waals surface area (Å²) in [6.07, 6.45) is 1.36. The molecule has 1 aromatic rings. The number of hydrogen-bond acceptors (Lipinski definition) is 2. The molecule has 0 aliphatic carbocycles. The highest BCUT2D eigenvalue weighted by Crippen LogP contribution is 2.19. The molecule has 1 aliphatic rings. The predicted molar refractivity (Wildman–Crippen MR) is 67.8 cm³/mol. The summed E-state index contributed by atoms with van der Waals surface area (Å²) in [7, 11) is 0. The average Bonchev–Trinajstić information content (AvgIpc) is 2.37. The van der Waals surface area contributed by atoms with Crippen molar-refractivity contribution in [2.75, 3.05) is 18.4 Å². The fraction of sp³-hybridized carbons (Fsp3) is 0.417. The first kappa shape index (κ1) is 15.8. The number of piperidine rings is 1. The zero-order valence-corrected chi connectivity index (χ0v) is 10.8. The molecule has 0 saturated carbocycles. The maximum Gasteiger partial charge on any atom is 0.227 e. The summed E-state index contributed by atoms with van der Waals surface area (Å²) < 4.78 is 38.6. The van der Waals surface area contributed by atoms with Crippen LogP contribution in [0.1, 0.15) is 12.8 Å². The number of nitrogens with one attached hydrogen (secondary N) is 2. The second-order valence-electron chi connectivity index (χ2n) is 4.27. The van der Waals surface area contributed by atoms with E-state index in [1.54, 1.807) is 0 Å². The van der Waals surface area contributed by atoms with Crippen LogP contribution in [-0.4, -0.2) is 19.0 Å². The monoisotopic (exact) mass is 294 g/mol. The molecule has 2 rings (SSSR count). The topological polar surface area (TPSA) is 41.1 Å². The molecule has 0 aromatic heterocycles. The van der Waals surface area contributed by atoms with Crippen molar-refractivity contribution in [3.05, 3.63) is 29.6 Å². The maximum absolute atomic E-state index is 13.0. The normalized spacial score (nSPS) is 15.7. The van der Waals surface area contributed by atoms with Gasteiger partial charge < -0.3 is 10.6 Å². The highest BCUT2D eigenvalue weighted by Gasteiger charge is 2.21. The molecule has 19 heavy (non-hydrogen) atoms. The van der Waals surface area contributed by atoms with Gasteiger partial charge >= 0.3 is 0 Å². The van der Waals surface area contributed by atoms with Crippen LogP contribution in [0.5, 0.6) is 0 Å². The van der Waals surface area contributed by atoms with Gasteiger partial charge in [0.2, 0.25) is 5.91 Å². The van der Waals surface area contributed by atoms with E-state index in [0.717, 1.165) is 25.2 Å². The van der Waals surface area contributed by atoms with Crippen LogP contribution in [0.15, 0.2) is 12.1 Å². The second-order valence-corrected chi connectivity index (χ2v) is 4.27. The molecular weight excluding hydrogens is 281 g/mol. The lowest BCUT2D eigenvalue weighted by Crippen LogP contribution is -2.34. The van der Waals surface area contributed by atoms with Crippen molar-refractivity contribution < 1.29 is 18.0 Å².